The van der Waals surface area contributed by atoms with Crippen LogP contribution in [0.4, 0.5) is 4.79 Å². The van der Waals surface area contributed by atoms with Crippen molar-refractivity contribution in [2.75, 3.05) is 6.54 Å². The van der Waals surface area contributed by atoms with Crippen LogP contribution in [0, 0.1) is 0 Å². The van der Waals surface area contributed by atoms with E-state index >= 15 is 0 Å². The van der Waals surface area contributed by atoms with Crippen molar-refractivity contribution in [3.63, 3.8) is 0 Å². The Morgan fingerprint density at radius 1 is 1.29 bits per heavy atom. The highest BCUT2D eigenvalue weighted by Crippen LogP contribution is 2.22. The summed E-state index contributed by atoms with van der Waals surface area (Å²) in [6, 6.07) is 10.2. The molecule has 24 heavy (non-hydrogen) atoms. The van der Waals surface area contributed by atoms with Crippen molar-refractivity contribution in [2.24, 2.45) is 0 Å². The number of rotatable bonds is 3. The summed E-state index contributed by atoms with van der Waals surface area (Å²) in [5, 5.41) is 18.2. The van der Waals surface area contributed by atoms with Gasteiger partial charge in [0.05, 0.1) is 6.20 Å². The fraction of sp³-hybridized carbons (Fsp3) is 0.500. The Morgan fingerprint density at radius 3 is 2.71 bits per heavy atom. The van der Waals surface area contributed by atoms with E-state index in [1.807, 2.05) is 23.1 Å². The lowest BCUT2D eigenvalue weighted by atomic mass is 9.96. The minimum atomic E-state index is -1.11. The number of aliphatic hydroxyl groups is 1. The van der Waals surface area contributed by atoms with E-state index in [-0.39, 0.29) is 12.1 Å². The van der Waals surface area contributed by atoms with Crippen molar-refractivity contribution in [3.05, 3.63) is 47.8 Å². The Hall–Kier alpha value is -2.21. The lowest BCUT2D eigenvalue weighted by Crippen LogP contribution is -2.47. The molecule has 0 spiro atoms. The molecule has 0 aliphatic carbocycles. The summed E-state index contributed by atoms with van der Waals surface area (Å²) >= 11 is 0. The summed E-state index contributed by atoms with van der Waals surface area (Å²) in [4.78, 5) is 15.8. The van der Waals surface area contributed by atoms with Gasteiger partial charge in [0, 0.05) is 12.6 Å². The molecule has 2 aromatic rings. The van der Waals surface area contributed by atoms with E-state index in [1.165, 1.54) is 11.8 Å². The van der Waals surface area contributed by atoms with Crippen molar-refractivity contribution in [2.45, 2.75) is 51.2 Å². The minimum absolute atomic E-state index is 0.158. The van der Waals surface area contributed by atoms with E-state index in [1.54, 1.807) is 13.8 Å². The third kappa shape index (κ3) is 3.64. The van der Waals surface area contributed by atoms with E-state index in [4.69, 9.17) is 0 Å². The quantitative estimate of drug-likeness (QED) is 0.940. The first-order valence-corrected chi connectivity index (χ1v) is 8.45. The third-order valence-electron chi connectivity index (χ3n) is 4.48. The first-order valence-electron chi connectivity index (χ1n) is 8.45. The summed E-state index contributed by atoms with van der Waals surface area (Å²) in [5.41, 5.74) is 0.518. The Balaban J connectivity index is 1.77. The van der Waals surface area contributed by atoms with Crippen LogP contribution in [-0.4, -0.2) is 43.6 Å². The molecule has 2 heterocycles. The molecule has 6 heteroatoms. The van der Waals surface area contributed by atoms with Gasteiger partial charge in [-0.05, 0) is 45.1 Å². The molecule has 0 saturated carbocycles. The van der Waals surface area contributed by atoms with Gasteiger partial charge in [0.2, 0.25) is 0 Å². The van der Waals surface area contributed by atoms with Gasteiger partial charge in [0.1, 0.15) is 11.3 Å². The Kier molecular flexibility index (Phi) is 4.66. The number of amides is 1. The molecule has 0 radical (unpaired) electrons. The van der Waals surface area contributed by atoms with Crippen LogP contribution >= 0.6 is 0 Å². The number of nitrogens with zero attached hydrogens (tertiary/aromatic N) is 4. The lowest BCUT2D eigenvalue weighted by Gasteiger charge is -2.35. The molecule has 1 aromatic carbocycles. The topological polar surface area (TPSA) is 71.2 Å². The number of aromatic nitrogens is 3. The van der Waals surface area contributed by atoms with Crippen molar-refractivity contribution >= 4 is 6.03 Å². The summed E-state index contributed by atoms with van der Waals surface area (Å²) in [7, 11) is 0. The van der Waals surface area contributed by atoms with Gasteiger partial charge in [-0.2, -0.15) is 5.10 Å². The maximum atomic E-state index is 12.8. The molecule has 128 valence electrons. The van der Waals surface area contributed by atoms with Crippen molar-refractivity contribution in [1.29, 1.82) is 0 Å². The molecule has 1 amide bonds. The summed E-state index contributed by atoms with van der Waals surface area (Å²) in [5.74, 6) is 0. The van der Waals surface area contributed by atoms with Crippen LogP contribution in [0.25, 0.3) is 0 Å². The second kappa shape index (κ2) is 6.73. The molecule has 6 nitrogen and oxygen atoms in total. The summed E-state index contributed by atoms with van der Waals surface area (Å²) < 4.78 is 0. The van der Waals surface area contributed by atoms with Crippen LogP contribution in [-0.2, 0) is 12.0 Å². The van der Waals surface area contributed by atoms with Crippen LogP contribution in [0.1, 0.15) is 44.4 Å². The predicted octanol–water partition coefficient (Wildman–Crippen LogP) is 2.57. The van der Waals surface area contributed by atoms with Gasteiger partial charge in [-0.3, -0.25) is 0 Å². The van der Waals surface area contributed by atoms with Crippen molar-refractivity contribution in [3.8, 4) is 0 Å². The SMILES string of the molecule is CC(C)(O)c1cnn(C(=O)N2CCCCC2Cc2ccccc2)n1. The molecule has 1 aromatic heterocycles. The van der Waals surface area contributed by atoms with Gasteiger partial charge in [-0.1, -0.05) is 35.1 Å². The number of hydrogen-bond donors (Lipinski definition) is 1. The van der Waals surface area contributed by atoms with E-state index in [2.05, 4.69) is 22.3 Å². The molecule has 3 rings (SSSR count). The molecule has 1 N–H and O–H groups in total. The first-order chi connectivity index (χ1) is 11.4. The van der Waals surface area contributed by atoms with Crippen LogP contribution in [0.3, 0.4) is 0 Å². The summed E-state index contributed by atoms with van der Waals surface area (Å²) in [6.45, 7) is 3.98. The summed E-state index contributed by atoms with van der Waals surface area (Å²) in [6.07, 6.45) is 5.40. The highest BCUT2D eigenvalue weighted by Gasteiger charge is 2.30. The van der Waals surface area contributed by atoms with Crippen LogP contribution in [0.5, 0.6) is 0 Å². The number of carbonyl (C=O) groups excluding carboxylic acids is 1. The number of benzene rings is 1. The van der Waals surface area contributed by atoms with Gasteiger partial charge in [0.25, 0.3) is 0 Å². The monoisotopic (exact) mass is 328 g/mol. The van der Waals surface area contributed by atoms with E-state index in [0.717, 1.165) is 37.0 Å². The van der Waals surface area contributed by atoms with Crippen LogP contribution < -0.4 is 0 Å². The largest absolute Gasteiger partial charge is 0.384 e. The van der Waals surface area contributed by atoms with Crippen molar-refractivity contribution in [1.82, 2.24) is 19.9 Å². The second-order valence-corrected chi connectivity index (χ2v) is 6.89. The van der Waals surface area contributed by atoms with E-state index in [0.29, 0.717) is 5.69 Å². The second-order valence-electron chi connectivity index (χ2n) is 6.89. The molecule has 1 atom stereocenters. The minimum Gasteiger partial charge on any atom is -0.384 e. The fourth-order valence-electron chi connectivity index (χ4n) is 3.10. The highest BCUT2D eigenvalue weighted by atomic mass is 16.3. The molecular formula is C18H24N4O2. The normalized spacial score (nSPS) is 18.6. The lowest BCUT2D eigenvalue weighted by molar-refractivity contribution is 0.0730. The average molecular weight is 328 g/mol. The molecule has 1 aliphatic heterocycles. The molecular weight excluding hydrogens is 304 g/mol. The number of likely N-dealkylation sites (tertiary alicyclic amines) is 1. The first kappa shape index (κ1) is 16.6. The van der Waals surface area contributed by atoms with Gasteiger partial charge >= 0.3 is 6.03 Å². The van der Waals surface area contributed by atoms with E-state index in [9.17, 15) is 9.90 Å². The standard InChI is InChI=1S/C18H24N4O2/c1-18(2,24)16-13-19-22(20-16)17(23)21-11-7-6-10-15(21)12-14-8-4-3-5-9-14/h3-5,8-9,13,15,24H,6-7,10-12H2,1-2H3. The molecule has 1 fully saturated rings. The Bertz CT molecular complexity index is 691. The number of hydrogen-bond acceptors (Lipinski definition) is 4. The van der Waals surface area contributed by atoms with E-state index < -0.39 is 5.60 Å². The molecule has 1 saturated heterocycles. The Labute approximate surface area is 142 Å². The zero-order valence-corrected chi connectivity index (χ0v) is 14.2. The third-order valence-corrected chi connectivity index (χ3v) is 4.48. The fourth-order valence-corrected chi connectivity index (χ4v) is 3.10. The molecule has 1 unspecified atom stereocenters. The maximum absolute atomic E-state index is 12.8. The van der Waals surface area contributed by atoms with Gasteiger partial charge in [-0.25, -0.2) is 4.79 Å². The Morgan fingerprint density at radius 2 is 2.04 bits per heavy atom. The highest BCUT2D eigenvalue weighted by molar-refractivity contribution is 5.75. The van der Waals surface area contributed by atoms with Crippen molar-refractivity contribution < 1.29 is 9.90 Å². The molecule has 1 aliphatic rings. The van der Waals surface area contributed by atoms with Crippen LogP contribution in [0.2, 0.25) is 0 Å². The number of piperidine rings is 1. The van der Waals surface area contributed by atoms with Crippen LogP contribution in [0.15, 0.2) is 36.5 Å². The maximum Gasteiger partial charge on any atom is 0.362 e. The number of carbonyl (C=O) groups is 1. The zero-order valence-electron chi connectivity index (χ0n) is 14.2. The van der Waals surface area contributed by atoms with Gasteiger partial charge in [-0.15, -0.1) is 5.10 Å². The average Bonchev–Trinajstić information content (AvgIpc) is 3.06. The molecule has 0 bridgehead atoms. The smallest absolute Gasteiger partial charge is 0.362 e. The zero-order chi connectivity index (χ0) is 17.2. The van der Waals surface area contributed by atoms with Gasteiger partial charge < -0.3 is 10.0 Å². The van der Waals surface area contributed by atoms with Gasteiger partial charge in [0.15, 0.2) is 0 Å². The predicted molar refractivity (Wildman–Crippen MR) is 90.6 cm³/mol.